The normalized spacial score (nSPS) is 10.2. The van der Waals surface area contributed by atoms with E-state index in [4.69, 9.17) is 21.1 Å². The third-order valence-electron chi connectivity index (χ3n) is 2.33. The predicted molar refractivity (Wildman–Crippen MR) is 67.0 cm³/mol. The molecule has 0 bridgehead atoms. The smallest absolute Gasteiger partial charge is 0.409 e. The Morgan fingerprint density at radius 2 is 2.00 bits per heavy atom. The van der Waals surface area contributed by atoms with Gasteiger partial charge in [0.25, 0.3) is 0 Å². The van der Waals surface area contributed by atoms with Gasteiger partial charge in [-0.3, -0.25) is 0 Å². The number of rotatable bonds is 3. The van der Waals surface area contributed by atoms with Crippen LogP contribution < -0.4 is 9.47 Å². The van der Waals surface area contributed by atoms with E-state index >= 15 is 0 Å². The van der Waals surface area contributed by atoms with E-state index < -0.39 is 5.43 Å². The van der Waals surface area contributed by atoms with Crippen LogP contribution in [0.5, 0.6) is 11.5 Å². The van der Waals surface area contributed by atoms with Crippen LogP contribution in [0.15, 0.2) is 36.4 Å². The highest BCUT2D eigenvalue weighted by atomic mass is 35.5. The SMILES string of the molecule is CCOc1ccc2ccccc2c1OC(=O)Cl. The number of carbonyl (C=O) groups is 1. The molecule has 2 aromatic rings. The summed E-state index contributed by atoms with van der Waals surface area (Å²) in [6, 6.07) is 11.2. The van der Waals surface area contributed by atoms with Gasteiger partial charge in [-0.05, 0) is 18.4 Å². The van der Waals surface area contributed by atoms with Crippen molar-refractivity contribution in [3.8, 4) is 11.5 Å². The van der Waals surface area contributed by atoms with Gasteiger partial charge in [0, 0.05) is 17.0 Å². The second-order valence-corrected chi connectivity index (χ2v) is 3.70. The fourth-order valence-electron chi connectivity index (χ4n) is 1.68. The summed E-state index contributed by atoms with van der Waals surface area (Å²) in [6.07, 6.45) is 0. The maximum absolute atomic E-state index is 10.9. The highest BCUT2D eigenvalue weighted by Gasteiger charge is 2.12. The number of halogens is 1. The first-order valence-corrected chi connectivity index (χ1v) is 5.62. The Morgan fingerprint density at radius 1 is 1.24 bits per heavy atom. The molecule has 0 aliphatic carbocycles. The van der Waals surface area contributed by atoms with Crippen molar-refractivity contribution in [2.75, 3.05) is 6.61 Å². The number of hydrogen-bond donors (Lipinski definition) is 0. The summed E-state index contributed by atoms with van der Waals surface area (Å²) in [7, 11) is 0. The number of fused-ring (bicyclic) bond motifs is 1. The van der Waals surface area contributed by atoms with Crippen molar-refractivity contribution >= 4 is 27.8 Å². The highest BCUT2D eigenvalue weighted by Crippen LogP contribution is 2.36. The Balaban J connectivity index is 2.61. The predicted octanol–water partition coefficient (Wildman–Crippen LogP) is 3.98. The van der Waals surface area contributed by atoms with Crippen molar-refractivity contribution < 1.29 is 14.3 Å². The lowest BCUT2D eigenvalue weighted by atomic mass is 10.1. The largest absolute Gasteiger partial charge is 0.490 e. The van der Waals surface area contributed by atoms with Crippen LogP contribution in [0.4, 0.5) is 4.79 Å². The van der Waals surface area contributed by atoms with Crippen molar-refractivity contribution in [2.24, 2.45) is 0 Å². The fourth-order valence-corrected chi connectivity index (χ4v) is 1.75. The first-order valence-electron chi connectivity index (χ1n) is 5.24. The molecule has 88 valence electrons. The van der Waals surface area contributed by atoms with Crippen molar-refractivity contribution in [3.63, 3.8) is 0 Å². The van der Waals surface area contributed by atoms with Gasteiger partial charge in [-0.2, -0.15) is 0 Å². The number of ether oxygens (including phenoxy) is 2. The standard InChI is InChI=1S/C13H11ClO3/c1-2-16-11-8-7-9-5-3-4-6-10(9)12(11)17-13(14)15/h3-8H,2H2,1H3. The monoisotopic (exact) mass is 250 g/mol. The van der Waals surface area contributed by atoms with Crippen LogP contribution in [0.25, 0.3) is 10.8 Å². The van der Waals surface area contributed by atoms with Gasteiger partial charge in [0.05, 0.1) is 6.61 Å². The Morgan fingerprint density at radius 3 is 2.71 bits per heavy atom. The molecule has 0 saturated carbocycles. The summed E-state index contributed by atoms with van der Waals surface area (Å²) in [5.41, 5.74) is -0.873. The molecule has 4 heteroatoms. The molecule has 0 aliphatic heterocycles. The average molecular weight is 251 g/mol. The van der Waals surface area contributed by atoms with E-state index in [0.29, 0.717) is 18.1 Å². The van der Waals surface area contributed by atoms with Gasteiger partial charge in [-0.15, -0.1) is 0 Å². The zero-order valence-electron chi connectivity index (χ0n) is 9.27. The molecule has 0 fully saturated rings. The maximum atomic E-state index is 10.9. The molecule has 0 heterocycles. The van der Waals surface area contributed by atoms with Crippen LogP contribution in [-0.2, 0) is 0 Å². The molecule has 0 spiro atoms. The number of hydrogen-bond acceptors (Lipinski definition) is 3. The van der Waals surface area contributed by atoms with Crippen LogP contribution in [0.2, 0.25) is 0 Å². The zero-order chi connectivity index (χ0) is 12.3. The Bertz CT molecular complexity index is 551. The van der Waals surface area contributed by atoms with E-state index in [-0.39, 0.29) is 0 Å². The Hall–Kier alpha value is -1.74. The van der Waals surface area contributed by atoms with E-state index in [1.807, 2.05) is 37.3 Å². The van der Waals surface area contributed by atoms with E-state index in [2.05, 4.69) is 0 Å². The third kappa shape index (κ3) is 2.50. The van der Waals surface area contributed by atoms with E-state index in [0.717, 1.165) is 10.8 Å². The van der Waals surface area contributed by atoms with Gasteiger partial charge < -0.3 is 9.47 Å². The van der Waals surface area contributed by atoms with Gasteiger partial charge in [0.15, 0.2) is 11.5 Å². The van der Waals surface area contributed by atoms with Gasteiger partial charge in [-0.25, -0.2) is 4.79 Å². The summed E-state index contributed by atoms with van der Waals surface area (Å²) in [6.45, 7) is 2.35. The minimum absolute atomic E-state index is 0.366. The minimum atomic E-state index is -0.873. The lowest BCUT2D eigenvalue weighted by Crippen LogP contribution is -2.01. The molecule has 2 aromatic carbocycles. The lowest BCUT2D eigenvalue weighted by Gasteiger charge is -2.11. The molecule has 0 amide bonds. The minimum Gasteiger partial charge on any atom is -0.490 e. The molecular weight excluding hydrogens is 240 g/mol. The van der Waals surface area contributed by atoms with Crippen LogP contribution >= 0.6 is 11.6 Å². The molecule has 0 N–H and O–H groups in total. The van der Waals surface area contributed by atoms with Crippen LogP contribution in [-0.4, -0.2) is 12.0 Å². The maximum Gasteiger partial charge on any atom is 0.409 e. The van der Waals surface area contributed by atoms with Gasteiger partial charge in [-0.1, -0.05) is 30.3 Å². The summed E-state index contributed by atoms with van der Waals surface area (Å²) in [5.74, 6) is 0.880. The van der Waals surface area contributed by atoms with E-state index in [1.54, 1.807) is 6.07 Å². The van der Waals surface area contributed by atoms with Crippen molar-refractivity contribution in [2.45, 2.75) is 6.92 Å². The van der Waals surface area contributed by atoms with Gasteiger partial charge >= 0.3 is 5.43 Å². The molecule has 0 atom stereocenters. The summed E-state index contributed by atoms with van der Waals surface area (Å²) in [5, 5.41) is 1.76. The quantitative estimate of drug-likeness (QED) is 0.773. The first-order chi connectivity index (χ1) is 8.22. The topological polar surface area (TPSA) is 35.5 Å². The molecule has 0 unspecified atom stereocenters. The molecule has 2 rings (SSSR count). The van der Waals surface area contributed by atoms with Crippen molar-refractivity contribution in [1.29, 1.82) is 0 Å². The van der Waals surface area contributed by atoms with Crippen LogP contribution in [0, 0.1) is 0 Å². The summed E-state index contributed by atoms with van der Waals surface area (Å²) >= 11 is 5.27. The summed E-state index contributed by atoms with van der Waals surface area (Å²) in [4.78, 5) is 10.9. The van der Waals surface area contributed by atoms with E-state index in [9.17, 15) is 4.79 Å². The Labute approximate surface area is 104 Å². The Kier molecular flexibility index (Phi) is 3.49. The van der Waals surface area contributed by atoms with Crippen LogP contribution in [0.3, 0.4) is 0 Å². The first kappa shape index (κ1) is 11.7. The summed E-state index contributed by atoms with van der Waals surface area (Å²) < 4.78 is 10.4. The van der Waals surface area contributed by atoms with E-state index in [1.165, 1.54) is 0 Å². The fraction of sp³-hybridized carbons (Fsp3) is 0.154. The van der Waals surface area contributed by atoms with Crippen LogP contribution in [0.1, 0.15) is 6.92 Å². The number of carbonyl (C=O) groups excluding carboxylic acids is 1. The molecule has 0 aliphatic rings. The molecule has 17 heavy (non-hydrogen) atoms. The van der Waals surface area contributed by atoms with Crippen molar-refractivity contribution in [3.05, 3.63) is 36.4 Å². The lowest BCUT2D eigenvalue weighted by molar-refractivity contribution is 0.223. The molecule has 0 radical (unpaired) electrons. The second kappa shape index (κ2) is 5.06. The zero-order valence-corrected chi connectivity index (χ0v) is 10.0. The molecule has 0 aromatic heterocycles. The number of benzene rings is 2. The van der Waals surface area contributed by atoms with Gasteiger partial charge in [0.1, 0.15) is 0 Å². The average Bonchev–Trinajstić information content (AvgIpc) is 2.32. The van der Waals surface area contributed by atoms with Crippen molar-refractivity contribution in [1.82, 2.24) is 0 Å². The molecule has 0 saturated heterocycles. The molecule has 3 nitrogen and oxygen atoms in total. The third-order valence-corrected chi connectivity index (χ3v) is 2.40. The highest BCUT2D eigenvalue weighted by molar-refractivity contribution is 6.61. The van der Waals surface area contributed by atoms with Gasteiger partial charge in [0.2, 0.25) is 0 Å². The molecular formula is C13H11ClO3. The second-order valence-electron chi connectivity index (χ2n) is 3.39.